The van der Waals surface area contributed by atoms with E-state index in [0.29, 0.717) is 18.2 Å². The molecule has 22 heavy (non-hydrogen) atoms. The number of esters is 1. The molecule has 0 saturated carbocycles. The summed E-state index contributed by atoms with van der Waals surface area (Å²) in [5, 5.41) is 0.634. The summed E-state index contributed by atoms with van der Waals surface area (Å²) >= 11 is 3.09. The minimum atomic E-state index is -6.36. The highest BCUT2D eigenvalue weighted by Gasteiger charge is 2.75. The van der Waals surface area contributed by atoms with Crippen LogP contribution in [-0.4, -0.2) is 42.1 Å². The van der Waals surface area contributed by atoms with Crippen LogP contribution in [-0.2, 0) is 9.53 Å². The molecule has 0 aliphatic heterocycles. The van der Waals surface area contributed by atoms with Crippen LogP contribution in [0.4, 0.5) is 35.1 Å². The van der Waals surface area contributed by atoms with Gasteiger partial charge in [-0.25, -0.2) is 8.78 Å². The third kappa shape index (κ3) is 5.24. The van der Waals surface area contributed by atoms with E-state index in [4.69, 9.17) is 0 Å². The lowest BCUT2D eigenvalue weighted by Gasteiger charge is -2.31. The molecule has 11 heteroatoms. The predicted octanol–water partition coefficient (Wildman–Crippen LogP) is 4.66. The van der Waals surface area contributed by atoms with Crippen LogP contribution in [0.3, 0.4) is 0 Å². The normalized spacial score (nSPS) is 13.5. The van der Waals surface area contributed by atoms with Gasteiger partial charge in [-0.2, -0.15) is 26.3 Å². The summed E-state index contributed by atoms with van der Waals surface area (Å²) in [4.78, 5) is 11.0. The van der Waals surface area contributed by atoms with Gasteiger partial charge in [0, 0.05) is 11.8 Å². The van der Waals surface area contributed by atoms with E-state index in [1.807, 2.05) is 0 Å². The number of carbonyl (C=O) groups is 1. The van der Waals surface area contributed by atoms with E-state index < -0.39 is 36.8 Å². The molecule has 0 radical (unpaired) electrons. The lowest BCUT2D eigenvalue weighted by Crippen LogP contribution is -2.59. The van der Waals surface area contributed by atoms with Crippen LogP contribution in [0.15, 0.2) is 0 Å². The maximum absolute atomic E-state index is 13.0. The SMILES string of the molecule is O=C(CCCCCBr)OCC(F)(F)C(F)(F)C(F)(F)C(F)F. The second-order valence-corrected chi connectivity index (χ2v) is 5.16. The van der Waals surface area contributed by atoms with Crippen LogP contribution in [0.25, 0.3) is 0 Å². The van der Waals surface area contributed by atoms with Crippen molar-refractivity contribution < 1.29 is 44.7 Å². The molecule has 0 aromatic carbocycles. The van der Waals surface area contributed by atoms with E-state index in [0.717, 1.165) is 0 Å². The van der Waals surface area contributed by atoms with Crippen molar-refractivity contribution >= 4 is 21.9 Å². The summed E-state index contributed by atoms with van der Waals surface area (Å²) in [7, 11) is 0. The number of rotatable bonds is 10. The molecule has 2 nitrogen and oxygen atoms in total. The zero-order valence-corrected chi connectivity index (χ0v) is 12.6. The van der Waals surface area contributed by atoms with Gasteiger partial charge in [-0.1, -0.05) is 22.4 Å². The van der Waals surface area contributed by atoms with Crippen molar-refractivity contribution in [2.45, 2.75) is 49.9 Å². The molecule has 0 N–H and O–H groups in total. The van der Waals surface area contributed by atoms with Gasteiger partial charge in [0.1, 0.15) is 0 Å². The van der Waals surface area contributed by atoms with Crippen molar-refractivity contribution in [2.24, 2.45) is 0 Å². The van der Waals surface area contributed by atoms with Crippen LogP contribution in [0.5, 0.6) is 0 Å². The fourth-order valence-electron chi connectivity index (χ4n) is 1.26. The van der Waals surface area contributed by atoms with Gasteiger partial charge >= 0.3 is 30.2 Å². The Labute approximate surface area is 129 Å². The third-order valence-electron chi connectivity index (χ3n) is 2.58. The number of alkyl halides is 9. The Bertz CT molecular complexity index is 362. The molecule has 132 valence electrons. The number of hydrogen-bond acceptors (Lipinski definition) is 2. The van der Waals surface area contributed by atoms with E-state index in [1.165, 1.54) is 0 Å². The number of unbranched alkanes of at least 4 members (excludes halogenated alkanes) is 2. The molecule has 0 aliphatic rings. The monoisotopic (exact) mass is 408 g/mol. The summed E-state index contributed by atoms with van der Waals surface area (Å²) < 4.78 is 104. The Balaban J connectivity index is 4.59. The van der Waals surface area contributed by atoms with Gasteiger partial charge in [0.15, 0.2) is 6.61 Å². The average molecular weight is 409 g/mol. The van der Waals surface area contributed by atoms with Gasteiger partial charge in [0.05, 0.1) is 0 Å². The topological polar surface area (TPSA) is 26.3 Å². The molecule has 0 heterocycles. The fraction of sp³-hybridized carbons (Fsp3) is 0.909. The highest BCUT2D eigenvalue weighted by atomic mass is 79.9. The summed E-state index contributed by atoms with van der Waals surface area (Å²) in [5.74, 6) is -19.5. The minimum absolute atomic E-state index is 0.222. The molecular formula is C11H13BrF8O2. The van der Waals surface area contributed by atoms with Gasteiger partial charge in [0.2, 0.25) is 0 Å². The van der Waals surface area contributed by atoms with E-state index in [2.05, 4.69) is 20.7 Å². The van der Waals surface area contributed by atoms with Gasteiger partial charge in [-0.05, 0) is 12.8 Å². The second-order valence-electron chi connectivity index (χ2n) is 4.36. The first-order valence-corrected chi connectivity index (χ1v) is 7.15. The van der Waals surface area contributed by atoms with Crippen LogP contribution >= 0.6 is 15.9 Å². The summed E-state index contributed by atoms with van der Waals surface area (Å²) in [6.07, 6.45) is -3.95. The second kappa shape index (κ2) is 8.30. The Morgan fingerprint density at radius 3 is 2.00 bits per heavy atom. The third-order valence-corrected chi connectivity index (χ3v) is 3.14. The van der Waals surface area contributed by atoms with Crippen LogP contribution in [0.2, 0.25) is 0 Å². The van der Waals surface area contributed by atoms with Gasteiger partial charge < -0.3 is 4.74 Å². The Morgan fingerprint density at radius 1 is 1.00 bits per heavy atom. The van der Waals surface area contributed by atoms with Crippen LogP contribution < -0.4 is 0 Å². The van der Waals surface area contributed by atoms with Crippen molar-refractivity contribution in [1.29, 1.82) is 0 Å². The molecule has 0 atom stereocenters. The first kappa shape index (κ1) is 21.4. The highest BCUT2D eigenvalue weighted by molar-refractivity contribution is 9.09. The van der Waals surface area contributed by atoms with E-state index >= 15 is 0 Å². The van der Waals surface area contributed by atoms with Gasteiger partial charge in [0.25, 0.3) is 0 Å². The smallest absolute Gasteiger partial charge is 0.381 e. The zero-order chi connectivity index (χ0) is 17.6. The van der Waals surface area contributed by atoms with Crippen LogP contribution in [0, 0.1) is 0 Å². The maximum Gasteiger partial charge on any atom is 0.381 e. The molecule has 0 amide bonds. The lowest BCUT2D eigenvalue weighted by atomic mass is 10.1. The van der Waals surface area contributed by atoms with E-state index in [-0.39, 0.29) is 12.8 Å². The first-order valence-electron chi connectivity index (χ1n) is 6.03. The number of halogens is 9. The lowest BCUT2D eigenvalue weighted by molar-refractivity contribution is -0.344. The summed E-state index contributed by atoms with van der Waals surface area (Å²) in [5.41, 5.74) is 0. The average Bonchev–Trinajstić information content (AvgIpc) is 2.40. The Morgan fingerprint density at radius 2 is 1.55 bits per heavy atom. The Hall–Kier alpha value is -0.610. The molecule has 0 rings (SSSR count). The molecule has 0 unspecified atom stereocenters. The molecule has 0 spiro atoms. The van der Waals surface area contributed by atoms with Crippen molar-refractivity contribution in [2.75, 3.05) is 11.9 Å². The van der Waals surface area contributed by atoms with Crippen molar-refractivity contribution in [3.8, 4) is 0 Å². The van der Waals surface area contributed by atoms with Crippen LogP contribution in [0.1, 0.15) is 25.7 Å². The maximum atomic E-state index is 13.0. The van der Waals surface area contributed by atoms with E-state index in [1.54, 1.807) is 0 Å². The minimum Gasteiger partial charge on any atom is -0.459 e. The Kier molecular flexibility index (Phi) is 8.07. The van der Waals surface area contributed by atoms with Crippen molar-refractivity contribution in [3.63, 3.8) is 0 Å². The van der Waals surface area contributed by atoms with E-state index in [9.17, 15) is 39.9 Å². The predicted molar refractivity (Wildman–Crippen MR) is 64.1 cm³/mol. The number of carbonyl (C=O) groups excluding carboxylic acids is 1. The molecule has 0 bridgehead atoms. The first-order chi connectivity index (χ1) is 9.90. The molecule has 0 fully saturated rings. The highest BCUT2D eigenvalue weighted by Crippen LogP contribution is 2.48. The standard InChI is InChI=1S/C11H13BrF8O2/c12-5-3-1-2-4-7(21)22-6-9(15,16)11(19,20)10(17,18)8(13)14/h8H,1-6H2. The number of ether oxygens (including phenoxy) is 1. The molecule has 0 aliphatic carbocycles. The largest absolute Gasteiger partial charge is 0.459 e. The molecular weight excluding hydrogens is 396 g/mol. The van der Waals surface area contributed by atoms with Gasteiger partial charge in [-0.15, -0.1) is 0 Å². The summed E-state index contributed by atoms with van der Waals surface area (Å²) in [6, 6.07) is 0. The molecule has 0 aromatic heterocycles. The molecule has 0 saturated heterocycles. The number of hydrogen-bond donors (Lipinski definition) is 0. The molecule has 0 aromatic rings. The van der Waals surface area contributed by atoms with Crippen molar-refractivity contribution in [3.05, 3.63) is 0 Å². The van der Waals surface area contributed by atoms with Gasteiger partial charge in [-0.3, -0.25) is 4.79 Å². The fourth-order valence-corrected chi connectivity index (χ4v) is 1.65. The van der Waals surface area contributed by atoms with Crippen molar-refractivity contribution in [1.82, 2.24) is 0 Å². The zero-order valence-electron chi connectivity index (χ0n) is 11.0. The summed E-state index contributed by atoms with van der Waals surface area (Å²) in [6.45, 7) is -2.40. The quantitative estimate of drug-likeness (QED) is 0.227.